The highest BCUT2D eigenvalue weighted by Gasteiger charge is 2.59. The molecule has 0 saturated heterocycles. The Balaban J connectivity index is 1.25. The van der Waals surface area contributed by atoms with Crippen molar-refractivity contribution in [2.24, 2.45) is 22.4 Å². The number of hydrogen-bond donors (Lipinski definition) is 0. The predicted octanol–water partition coefficient (Wildman–Crippen LogP) is 3.99. The third-order valence-electron chi connectivity index (χ3n) is 6.69. The molecule has 6 rings (SSSR count). The van der Waals surface area contributed by atoms with Crippen molar-refractivity contribution in [3.63, 3.8) is 0 Å². The van der Waals surface area contributed by atoms with E-state index >= 15 is 0 Å². The van der Waals surface area contributed by atoms with E-state index in [0.717, 1.165) is 31.0 Å². The van der Waals surface area contributed by atoms with Crippen LogP contribution >= 0.6 is 0 Å². The van der Waals surface area contributed by atoms with E-state index in [4.69, 9.17) is 10.00 Å². The van der Waals surface area contributed by atoms with Gasteiger partial charge in [-0.3, -0.25) is 4.79 Å². The van der Waals surface area contributed by atoms with Crippen LogP contribution in [0.3, 0.4) is 0 Å². The molecule has 1 aliphatic heterocycles. The van der Waals surface area contributed by atoms with Crippen LogP contribution in [0, 0.1) is 40.2 Å². The molecule has 31 heavy (non-hydrogen) atoms. The van der Waals surface area contributed by atoms with Crippen molar-refractivity contribution >= 4 is 12.1 Å². The highest BCUT2D eigenvalue weighted by molar-refractivity contribution is 5.83. The van der Waals surface area contributed by atoms with E-state index < -0.39 is 17.7 Å². The summed E-state index contributed by atoms with van der Waals surface area (Å²) in [6.07, 6.45) is 5.86. The molecule has 3 saturated carbocycles. The number of rotatable bonds is 5. The Morgan fingerprint density at radius 3 is 2.84 bits per heavy atom. The van der Waals surface area contributed by atoms with Gasteiger partial charge in [-0.25, -0.2) is 18.8 Å². The molecule has 1 amide bonds. The van der Waals surface area contributed by atoms with Gasteiger partial charge in [-0.1, -0.05) is 0 Å². The number of halogens is 2. The quantitative estimate of drug-likeness (QED) is 0.730. The number of amides is 1. The lowest BCUT2D eigenvalue weighted by atomic mass is 9.70. The van der Waals surface area contributed by atoms with E-state index in [1.165, 1.54) is 11.2 Å². The summed E-state index contributed by atoms with van der Waals surface area (Å²) in [4.78, 5) is 17.4. The van der Waals surface area contributed by atoms with Gasteiger partial charge in [0.1, 0.15) is 17.7 Å². The van der Waals surface area contributed by atoms with Crippen molar-refractivity contribution in [1.29, 1.82) is 5.26 Å². The van der Waals surface area contributed by atoms with Crippen LogP contribution in [0.25, 0.3) is 0 Å². The summed E-state index contributed by atoms with van der Waals surface area (Å²) in [7, 11) is 0. The first-order chi connectivity index (χ1) is 15.0. The normalized spacial score (nSPS) is 28.3. The maximum atomic E-state index is 14.3. The van der Waals surface area contributed by atoms with Crippen molar-refractivity contribution in [2.45, 2.75) is 31.7 Å². The molecule has 0 radical (unpaired) electrons. The molecule has 3 aliphatic carbocycles. The number of fused-ring (bicyclic) bond motifs is 1. The Labute approximate surface area is 178 Å². The lowest BCUT2D eigenvalue weighted by molar-refractivity contribution is -0.138. The van der Waals surface area contributed by atoms with Gasteiger partial charge in [0.25, 0.3) is 0 Å². The Morgan fingerprint density at radius 1 is 1.26 bits per heavy atom. The number of carbonyl (C=O) groups is 1. The molecule has 0 N–H and O–H groups in total. The van der Waals surface area contributed by atoms with Gasteiger partial charge in [-0.2, -0.15) is 10.4 Å². The minimum absolute atomic E-state index is 0.0797. The standard InChI is InChI=1S/C23H20F2N4O2/c24-16-2-3-19(25)17(7-16)20-5-6-28-29(20)22(30)18-10-23(8-15(18)9-23)13-31-21-4-1-14(11-26)12-27-21/h1-4,6-7,12,15,18,20H,5,8-10,13H2. The number of ether oxygens (including phenoxy) is 1. The molecular weight excluding hydrogens is 402 g/mol. The fraction of sp³-hybridized carbons (Fsp3) is 0.391. The fourth-order valence-electron chi connectivity index (χ4n) is 5.19. The van der Waals surface area contributed by atoms with E-state index in [1.54, 1.807) is 18.3 Å². The third kappa shape index (κ3) is 3.44. The predicted molar refractivity (Wildman–Crippen MR) is 107 cm³/mol. The van der Waals surface area contributed by atoms with Crippen molar-refractivity contribution in [3.8, 4) is 11.9 Å². The van der Waals surface area contributed by atoms with Crippen LogP contribution in [-0.2, 0) is 4.79 Å². The summed E-state index contributed by atoms with van der Waals surface area (Å²) in [6.45, 7) is 0.456. The molecule has 1 aromatic heterocycles. The lowest BCUT2D eigenvalue weighted by Crippen LogP contribution is -2.36. The number of nitriles is 1. The molecule has 1 aromatic carbocycles. The average Bonchev–Trinajstić information content (AvgIpc) is 3.47. The number of benzene rings is 1. The van der Waals surface area contributed by atoms with Crippen LogP contribution in [0.1, 0.15) is 42.9 Å². The van der Waals surface area contributed by atoms with E-state index in [0.29, 0.717) is 30.9 Å². The third-order valence-corrected chi connectivity index (χ3v) is 6.69. The van der Waals surface area contributed by atoms with Crippen LogP contribution in [0.2, 0.25) is 0 Å². The Kier molecular flexibility index (Phi) is 4.69. The first-order valence-corrected chi connectivity index (χ1v) is 10.3. The maximum Gasteiger partial charge on any atom is 0.246 e. The van der Waals surface area contributed by atoms with Gasteiger partial charge < -0.3 is 4.74 Å². The summed E-state index contributed by atoms with van der Waals surface area (Å²) in [5.41, 5.74) is 0.543. The summed E-state index contributed by atoms with van der Waals surface area (Å²) in [6, 6.07) is 8.02. The maximum absolute atomic E-state index is 14.3. The van der Waals surface area contributed by atoms with Gasteiger partial charge in [0.2, 0.25) is 11.8 Å². The largest absolute Gasteiger partial charge is 0.477 e. The highest BCUT2D eigenvalue weighted by atomic mass is 19.1. The number of aromatic nitrogens is 1. The van der Waals surface area contributed by atoms with E-state index in [-0.39, 0.29) is 28.7 Å². The summed E-state index contributed by atoms with van der Waals surface area (Å²) < 4.78 is 33.8. The number of hydrogen-bond acceptors (Lipinski definition) is 5. The minimum Gasteiger partial charge on any atom is -0.477 e. The Hall–Kier alpha value is -3.34. The zero-order valence-corrected chi connectivity index (χ0v) is 16.7. The Bertz CT molecular complexity index is 1090. The molecule has 2 aromatic rings. The van der Waals surface area contributed by atoms with Crippen molar-refractivity contribution in [2.75, 3.05) is 6.61 Å². The monoisotopic (exact) mass is 422 g/mol. The molecular formula is C23H20F2N4O2. The molecule has 4 aliphatic rings. The second-order valence-corrected chi connectivity index (χ2v) is 8.66. The van der Waals surface area contributed by atoms with E-state index in [2.05, 4.69) is 10.1 Å². The molecule has 2 heterocycles. The van der Waals surface area contributed by atoms with Crippen molar-refractivity contribution in [3.05, 3.63) is 59.3 Å². The zero-order chi connectivity index (χ0) is 21.6. The number of nitrogens with zero attached hydrogens (tertiary/aromatic N) is 4. The van der Waals surface area contributed by atoms with Crippen LogP contribution in [-0.4, -0.2) is 28.7 Å². The van der Waals surface area contributed by atoms with E-state index in [9.17, 15) is 13.6 Å². The van der Waals surface area contributed by atoms with Crippen molar-refractivity contribution < 1.29 is 18.3 Å². The Morgan fingerprint density at radius 2 is 2.10 bits per heavy atom. The first kappa shape index (κ1) is 19.6. The second kappa shape index (κ2) is 7.41. The molecule has 3 fully saturated rings. The number of pyridine rings is 1. The minimum atomic E-state index is -0.615. The molecule has 2 unspecified atom stereocenters. The van der Waals surface area contributed by atoms with E-state index in [1.807, 2.05) is 6.07 Å². The molecule has 0 spiro atoms. The van der Waals surface area contributed by atoms with Crippen molar-refractivity contribution in [1.82, 2.24) is 9.99 Å². The van der Waals surface area contributed by atoms with Gasteiger partial charge in [-0.15, -0.1) is 0 Å². The second-order valence-electron chi connectivity index (χ2n) is 8.66. The van der Waals surface area contributed by atoms with Crippen LogP contribution in [0.5, 0.6) is 5.88 Å². The zero-order valence-electron chi connectivity index (χ0n) is 16.7. The molecule has 6 nitrogen and oxygen atoms in total. The van der Waals surface area contributed by atoms with Gasteiger partial charge in [-0.05, 0) is 49.4 Å². The van der Waals surface area contributed by atoms with Crippen LogP contribution < -0.4 is 4.74 Å². The lowest BCUT2D eigenvalue weighted by Gasteiger charge is -2.38. The number of carbonyl (C=O) groups excluding carboxylic acids is 1. The molecule has 8 heteroatoms. The topological polar surface area (TPSA) is 78.6 Å². The van der Waals surface area contributed by atoms with Crippen LogP contribution in [0.15, 0.2) is 41.6 Å². The van der Waals surface area contributed by atoms with Gasteiger partial charge >= 0.3 is 0 Å². The molecule has 2 bridgehead atoms. The van der Waals surface area contributed by atoms with Crippen LogP contribution in [0.4, 0.5) is 8.78 Å². The average molecular weight is 422 g/mol. The molecule has 2 atom stereocenters. The number of hydrazone groups is 1. The fourth-order valence-corrected chi connectivity index (χ4v) is 5.19. The van der Waals surface area contributed by atoms with Gasteiger partial charge in [0.15, 0.2) is 0 Å². The summed E-state index contributed by atoms with van der Waals surface area (Å²) in [5, 5.41) is 14.4. The SMILES string of the molecule is N#Cc1ccc(OCC23CC(C2)C(C(=O)N2N=CCC2c2cc(F)ccc2F)C3)nc1. The van der Waals surface area contributed by atoms with Gasteiger partial charge in [0, 0.05) is 41.8 Å². The smallest absolute Gasteiger partial charge is 0.246 e. The summed E-state index contributed by atoms with van der Waals surface area (Å²) >= 11 is 0. The summed E-state index contributed by atoms with van der Waals surface area (Å²) in [5.74, 6) is -0.706. The first-order valence-electron chi connectivity index (χ1n) is 10.3. The van der Waals surface area contributed by atoms with Gasteiger partial charge in [0.05, 0.1) is 18.2 Å². The highest BCUT2D eigenvalue weighted by Crippen LogP contribution is 2.62. The molecule has 158 valence electrons.